The second kappa shape index (κ2) is 6.54. The van der Waals surface area contributed by atoms with E-state index >= 15 is 0 Å². The quantitative estimate of drug-likeness (QED) is 0.882. The first kappa shape index (κ1) is 13.8. The summed E-state index contributed by atoms with van der Waals surface area (Å²) in [7, 11) is 0. The highest BCUT2D eigenvalue weighted by atomic mass is 35.5. The Hall–Kier alpha value is -1.59. The molecule has 0 aliphatic heterocycles. The maximum Gasteiger partial charge on any atom is 0.164 e. The molecule has 0 aliphatic rings. The first-order chi connectivity index (χ1) is 9.24. The molecule has 2 aromatic rings. The summed E-state index contributed by atoms with van der Waals surface area (Å²) in [5.41, 5.74) is 6.56. The normalized spacial score (nSPS) is 10.7. The number of benzene rings is 1. The van der Waals surface area contributed by atoms with Crippen molar-refractivity contribution < 1.29 is 4.74 Å². The van der Waals surface area contributed by atoms with E-state index in [4.69, 9.17) is 22.1 Å². The van der Waals surface area contributed by atoms with Gasteiger partial charge in [-0.1, -0.05) is 18.5 Å². The van der Waals surface area contributed by atoms with E-state index in [2.05, 4.69) is 17.0 Å². The molecule has 0 amide bonds. The van der Waals surface area contributed by atoms with Gasteiger partial charge in [-0.25, -0.2) is 9.67 Å². The molecule has 1 aromatic carbocycles. The lowest BCUT2D eigenvalue weighted by molar-refractivity contribution is 0.283. The molecule has 0 saturated carbocycles. The van der Waals surface area contributed by atoms with Gasteiger partial charge in [0.2, 0.25) is 0 Å². The molecule has 5 nitrogen and oxygen atoms in total. The number of nitrogens with zero attached hydrogens (tertiary/aromatic N) is 3. The molecular weight excluding hydrogens is 264 g/mol. The summed E-state index contributed by atoms with van der Waals surface area (Å²) < 4.78 is 7.60. The molecule has 0 spiro atoms. The zero-order valence-electron chi connectivity index (χ0n) is 10.8. The van der Waals surface area contributed by atoms with Crippen LogP contribution in [-0.4, -0.2) is 14.8 Å². The standard InChI is InChI=1S/C13H17ClN4O/c1-2-5-18-13(16-9-17-18)8-19-12-4-3-11(14)6-10(12)7-15/h3-4,6,9H,2,5,7-8,15H2,1H3. The fourth-order valence-corrected chi connectivity index (χ4v) is 1.98. The predicted octanol–water partition coefficient (Wildman–Crippen LogP) is 2.38. The second-order valence-corrected chi connectivity index (χ2v) is 4.58. The second-order valence-electron chi connectivity index (χ2n) is 4.14. The Bertz CT molecular complexity index is 541. The van der Waals surface area contributed by atoms with Crippen molar-refractivity contribution in [2.24, 2.45) is 5.73 Å². The van der Waals surface area contributed by atoms with Crippen molar-refractivity contribution in [3.63, 3.8) is 0 Å². The lowest BCUT2D eigenvalue weighted by Crippen LogP contribution is -2.09. The van der Waals surface area contributed by atoms with E-state index in [1.807, 2.05) is 16.8 Å². The van der Waals surface area contributed by atoms with Crippen molar-refractivity contribution in [3.05, 3.63) is 40.9 Å². The number of rotatable bonds is 6. The van der Waals surface area contributed by atoms with Crippen LogP contribution in [0, 0.1) is 0 Å². The van der Waals surface area contributed by atoms with E-state index < -0.39 is 0 Å². The Morgan fingerprint density at radius 3 is 3.00 bits per heavy atom. The number of aryl methyl sites for hydroxylation is 1. The average molecular weight is 281 g/mol. The molecule has 0 aliphatic carbocycles. The molecule has 0 radical (unpaired) electrons. The van der Waals surface area contributed by atoms with E-state index in [-0.39, 0.29) is 0 Å². The van der Waals surface area contributed by atoms with Crippen LogP contribution in [0.5, 0.6) is 5.75 Å². The molecule has 1 heterocycles. The molecule has 6 heteroatoms. The number of halogens is 1. The van der Waals surface area contributed by atoms with Crippen LogP contribution >= 0.6 is 11.6 Å². The number of ether oxygens (including phenoxy) is 1. The Balaban J connectivity index is 2.07. The maximum atomic E-state index is 5.92. The van der Waals surface area contributed by atoms with Crippen molar-refractivity contribution in [1.29, 1.82) is 0 Å². The smallest absolute Gasteiger partial charge is 0.164 e. The number of aromatic nitrogens is 3. The van der Waals surface area contributed by atoms with E-state index in [0.717, 1.165) is 30.1 Å². The summed E-state index contributed by atoms with van der Waals surface area (Å²) >= 11 is 5.92. The summed E-state index contributed by atoms with van der Waals surface area (Å²) in [6.45, 7) is 3.69. The molecule has 19 heavy (non-hydrogen) atoms. The van der Waals surface area contributed by atoms with Crippen LogP contribution in [0.1, 0.15) is 24.7 Å². The van der Waals surface area contributed by atoms with Crippen LogP contribution in [0.15, 0.2) is 24.5 Å². The Morgan fingerprint density at radius 1 is 1.42 bits per heavy atom. The third-order valence-corrected chi connectivity index (χ3v) is 2.97. The summed E-state index contributed by atoms with van der Waals surface area (Å²) in [6, 6.07) is 5.42. The minimum Gasteiger partial charge on any atom is -0.485 e. The van der Waals surface area contributed by atoms with Crippen molar-refractivity contribution >= 4 is 11.6 Å². The predicted molar refractivity (Wildman–Crippen MR) is 74.0 cm³/mol. The van der Waals surface area contributed by atoms with Crippen LogP contribution in [0.2, 0.25) is 5.02 Å². The fourth-order valence-electron chi connectivity index (χ4n) is 1.79. The van der Waals surface area contributed by atoms with E-state index in [9.17, 15) is 0 Å². The van der Waals surface area contributed by atoms with Gasteiger partial charge in [-0.05, 0) is 24.6 Å². The van der Waals surface area contributed by atoms with E-state index in [0.29, 0.717) is 18.2 Å². The molecule has 1 aromatic heterocycles. The van der Waals surface area contributed by atoms with Gasteiger partial charge in [0.15, 0.2) is 5.82 Å². The Labute approximate surface area is 117 Å². The highest BCUT2D eigenvalue weighted by Crippen LogP contribution is 2.23. The van der Waals surface area contributed by atoms with Gasteiger partial charge in [0.1, 0.15) is 18.7 Å². The molecule has 2 rings (SSSR count). The van der Waals surface area contributed by atoms with Crippen molar-refractivity contribution in [2.75, 3.05) is 0 Å². The molecule has 0 saturated heterocycles. The minimum atomic E-state index is 0.370. The topological polar surface area (TPSA) is 66.0 Å². The lowest BCUT2D eigenvalue weighted by Gasteiger charge is -2.11. The third-order valence-electron chi connectivity index (χ3n) is 2.73. The minimum absolute atomic E-state index is 0.370. The highest BCUT2D eigenvalue weighted by Gasteiger charge is 2.07. The van der Waals surface area contributed by atoms with Crippen LogP contribution in [0.4, 0.5) is 0 Å². The maximum absolute atomic E-state index is 5.92. The van der Waals surface area contributed by atoms with Gasteiger partial charge in [-0.15, -0.1) is 0 Å². The van der Waals surface area contributed by atoms with E-state index in [1.54, 1.807) is 12.4 Å². The van der Waals surface area contributed by atoms with E-state index in [1.165, 1.54) is 0 Å². The van der Waals surface area contributed by atoms with Crippen LogP contribution < -0.4 is 10.5 Å². The van der Waals surface area contributed by atoms with Gasteiger partial charge in [0.05, 0.1) is 0 Å². The largest absolute Gasteiger partial charge is 0.485 e. The monoisotopic (exact) mass is 280 g/mol. The van der Waals surface area contributed by atoms with Crippen molar-refractivity contribution in [1.82, 2.24) is 14.8 Å². The third kappa shape index (κ3) is 3.45. The van der Waals surface area contributed by atoms with Gasteiger partial charge in [-0.3, -0.25) is 0 Å². The van der Waals surface area contributed by atoms with Crippen LogP contribution in [0.3, 0.4) is 0 Å². The van der Waals surface area contributed by atoms with Gasteiger partial charge in [0, 0.05) is 23.7 Å². The highest BCUT2D eigenvalue weighted by molar-refractivity contribution is 6.30. The number of hydrogen-bond donors (Lipinski definition) is 1. The van der Waals surface area contributed by atoms with Gasteiger partial charge < -0.3 is 10.5 Å². The molecule has 0 unspecified atom stereocenters. The average Bonchev–Trinajstić information content (AvgIpc) is 2.85. The van der Waals surface area contributed by atoms with Crippen LogP contribution in [0.25, 0.3) is 0 Å². The van der Waals surface area contributed by atoms with Crippen LogP contribution in [-0.2, 0) is 19.7 Å². The zero-order chi connectivity index (χ0) is 13.7. The summed E-state index contributed by atoms with van der Waals surface area (Å²) in [5.74, 6) is 1.54. The van der Waals surface area contributed by atoms with Gasteiger partial charge >= 0.3 is 0 Å². The SMILES string of the molecule is CCCn1ncnc1COc1ccc(Cl)cc1CN. The first-order valence-corrected chi connectivity index (χ1v) is 6.60. The first-order valence-electron chi connectivity index (χ1n) is 6.22. The van der Waals surface area contributed by atoms with Gasteiger partial charge in [0.25, 0.3) is 0 Å². The van der Waals surface area contributed by atoms with Gasteiger partial charge in [-0.2, -0.15) is 5.10 Å². The van der Waals surface area contributed by atoms with Crippen molar-refractivity contribution in [3.8, 4) is 5.75 Å². The molecule has 0 fully saturated rings. The fraction of sp³-hybridized carbons (Fsp3) is 0.385. The summed E-state index contributed by atoms with van der Waals surface area (Å²) in [5, 5.41) is 4.81. The molecule has 102 valence electrons. The molecule has 0 bridgehead atoms. The lowest BCUT2D eigenvalue weighted by atomic mass is 10.2. The Morgan fingerprint density at radius 2 is 2.26 bits per heavy atom. The number of hydrogen-bond acceptors (Lipinski definition) is 4. The summed E-state index contributed by atoms with van der Waals surface area (Å²) in [4.78, 5) is 4.19. The Kier molecular flexibility index (Phi) is 4.76. The molecule has 2 N–H and O–H groups in total. The molecule has 0 atom stereocenters. The number of nitrogens with two attached hydrogens (primary N) is 1. The molecular formula is C13H17ClN4O. The van der Waals surface area contributed by atoms with Crippen molar-refractivity contribution in [2.45, 2.75) is 33.0 Å². The summed E-state index contributed by atoms with van der Waals surface area (Å²) in [6.07, 6.45) is 2.55. The zero-order valence-corrected chi connectivity index (χ0v) is 11.6.